The van der Waals surface area contributed by atoms with E-state index in [1.165, 1.54) is 0 Å². The lowest BCUT2D eigenvalue weighted by Crippen LogP contribution is -1.91. The van der Waals surface area contributed by atoms with E-state index in [1.807, 2.05) is 37.4 Å². The SMILES string of the molecule is Cc1cc2c(Sc3cc(Cl)ccc3Cl)ccc(N)c2cn1. The zero-order valence-electron chi connectivity index (χ0n) is 11.2. The molecule has 0 amide bonds. The molecule has 0 spiro atoms. The monoisotopic (exact) mass is 334 g/mol. The van der Waals surface area contributed by atoms with E-state index in [2.05, 4.69) is 4.98 Å². The van der Waals surface area contributed by atoms with E-state index in [4.69, 9.17) is 28.9 Å². The smallest absolute Gasteiger partial charge is 0.0546 e. The molecule has 0 saturated heterocycles. The molecule has 1 heterocycles. The summed E-state index contributed by atoms with van der Waals surface area (Å²) in [5.74, 6) is 0. The highest BCUT2D eigenvalue weighted by molar-refractivity contribution is 7.99. The molecule has 2 N–H and O–H groups in total. The lowest BCUT2D eigenvalue weighted by atomic mass is 10.1. The summed E-state index contributed by atoms with van der Waals surface area (Å²) < 4.78 is 0. The maximum Gasteiger partial charge on any atom is 0.0546 e. The third-order valence-electron chi connectivity index (χ3n) is 3.14. The quantitative estimate of drug-likeness (QED) is 0.621. The molecule has 3 aromatic rings. The average molecular weight is 335 g/mol. The highest BCUT2D eigenvalue weighted by Gasteiger charge is 2.09. The molecule has 0 aliphatic carbocycles. The molecular formula is C16H12Cl2N2S. The number of nitrogens with zero attached hydrogens (tertiary/aromatic N) is 1. The van der Waals surface area contributed by atoms with E-state index in [9.17, 15) is 0 Å². The molecule has 0 fully saturated rings. The lowest BCUT2D eigenvalue weighted by Gasteiger charge is -2.10. The Bertz CT molecular complexity index is 834. The Labute approximate surface area is 137 Å². The van der Waals surface area contributed by atoms with Gasteiger partial charge < -0.3 is 5.73 Å². The number of pyridine rings is 1. The van der Waals surface area contributed by atoms with Crippen LogP contribution < -0.4 is 5.73 Å². The van der Waals surface area contributed by atoms with Crippen molar-refractivity contribution in [1.29, 1.82) is 0 Å². The Morgan fingerprint density at radius 1 is 1.00 bits per heavy atom. The summed E-state index contributed by atoms with van der Waals surface area (Å²) in [7, 11) is 0. The summed E-state index contributed by atoms with van der Waals surface area (Å²) >= 11 is 13.9. The van der Waals surface area contributed by atoms with Gasteiger partial charge in [0.1, 0.15) is 0 Å². The molecule has 0 saturated carbocycles. The Morgan fingerprint density at radius 3 is 2.62 bits per heavy atom. The first-order chi connectivity index (χ1) is 10.0. The lowest BCUT2D eigenvalue weighted by molar-refractivity contribution is 1.22. The van der Waals surface area contributed by atoms with Crippen molar-refractivity contribution in [2.75, 3.05) is 5.73 Å². The average Bonchev–Trinajstić information content (AvgIpc) is 2.46. The van der Waals surface area contributed by atoms with Crippen LogP contribution in [0.25, 0.3) is 10.8 Å². The fourth-order valence-corrected chi connectivity index (χ4v) is 3.57. The highest BCUT2D eigenvalue weighted by atomic mass is 35.5. The normalized spacial score (nSPS) is 11.0. The van der Waals surface area contributed by atoms with Crippen molar-refractivity contribution in [2.24, 2.45) is 0 Å². The van der Waals surface area contributed by atoms with Crippen LogP contribution in [0.1, 0.15) is 5.69 Å². The minimum absolute atomic E-state index is 0.666. The van der Waals surface area contributed by atoms with E-state index < -0.39 is 0 Å². The van der Waals surface area contributed by atoms with Gasteiger partial charge in [0.15, 0.2) is 0 Å². The van der Waals surface area contributed by atoms with Crippen molar-refractivity contribution in [3.63, 3.8) is 0 Å². The van der Waals surface area contributed by atoms with Crippen LogP contribution in [0.15, 0.2) is 52.4 Å². The standard InChI is InChI=1S/C16H12Cl2N2S/c1-9-6-11-12(8-20-9)14(19)4-5-15(11)21-16-7-10(17)2-3-13(16)18/h2-8H,19H2,1H3. The van der Waals surface area contributed by atoms with Gasteiger partial charge in [-0.05, 0) is 43.3 Å². The fourth-order valence-electron chi connectivity index (χ4n) is 2.10. The summed E-state index contributed by atoms with van der Waals surface area (Å²) in [6.07, 6.45) is 1.81. The molecule has 1 aromatic heterocycles. The van der Waals surface area contributed by atoms with E-state index >= 15 is 0 Å². The molecule has 0 atom stereocenters. The molecule has 2 nitrogen and oxygen atoms in total. The topological polar surface area (TPSA) is 38.9 Å². The van der Waals surface area contributed by atoms with Crippen LogP contribution >= 0.6 is 35.0 Å². The van der Waals surface area contributed by atoms with Gasteiger partial charge in [-0.25, -0.2) is 0 Å². The minimum Gasteiger partial charge on any atom is -0.398 e. The number of aromatic nitrogens is 1. The summed E-state index contributed by atoms with van der Waals surface area (Å²) in [6.45, 7) is 1.96. The van der Waals surface area contributed by atoms with Crippen molar-refractivity contribution in [3.05, 3.63) is 58.3 Å². The Balaban J connectivity index is 2.14. The van der Waals surface area contributed by atoms with Crippen LogP contribution in [0.4, 0.5) is 5.69 Å². The summed E-state index contributed by atoms with van der Waals surface area (Å²) in [5.41, 5.74) is 7.70. The van der Waals surface area contributed by atoms with Gasteiger partial charge in [0, 0.05) is 43.2 Å². The number of fused-ring (bicyclic) bond motifs is 1. The number of rotatable bonds is 2. The minimum atomic E-state index is 0.666. The molecule has 0 bridgehead atoms. The van der Waals surface area contributed by atoms with Crippen LogP contribution in [0.2, 0.25) is 10.0 Å². The van der Waals surface area contributed by atoms with Crippen molar-refractivity contribution in [3.8, 4) is 0 Å². The number of nitrogen functional groups attached to an aromatic ring is 1. The van der Waals surface area contributed by atoms with Crippen molar-refractivity contribution in [2.45, 2.75) is 16.7 Å². The third kappa shape index (κ3) is 2.95. The molecule has 0 unspecified atom stereocenters. The predicted octanol–water partition coefficient (Wildman–Crippen LogP) is 5.58. The van der Waals surface area contributed by atoms with Crippen molar-refractivity contribution < 1.29 is 0 Å². The molecule has 0 aliphatic rings. The molecule has 21 heavy (non-hydrogen) atoms. The number of hydrogen-bond acceptors (Lipinski definition) is 3. The van der Waals surface area contributed by atoms with Gasteiger partial charge in [-0.15, -0.1) is 0 Å². The summed E-state index contributed by atoms with van der Waals surface area (Å²) in [6, 6.07) is 11.4. The predicted molar refractivity (Wildman–Crippen MR) is 91.5 cm³/mol. The zero-order chi connectivity index (χ0) is 15.0. The second kappa shape index (κ2) is 5.76. The summed E-state index contributed by atoms with van der Waals surface area (Å²) in [4.78, 5) is 6.31. The van der Waals surface area contributed by atoms with E-state index in [0.29, 0.717) is 10.0 Å². The Kier molecular flexibility index (Phi) is 3.98. The number of nitrogens with two attached hydrogens (primary N) is 1. The van der Waals surface area contributed by atoms with Crippen LogP contribution in [-0.4, -0.2) is 4.98 Å². The molecule has 5 heteroatoms. The first kappa shape index (κ1) is 14.5. The van der Waals surface area contributed by atoms with E-state index in [0.717, 1.165) is 31.9 Å². The molecule has 0 aliphatic heterocycles. The molecule has 3 rings (SSSR count). The number of aryl methyl sites for hydroxylation is 1. The second-order valence-electron chi connectivity index (χ2n) is 4.70. The van der Waals surface area contributed by atoms with Crippen molar-refractivity contribution >= 4 is 51.4 Å². The Hall–Kier alpha value is -1.42. The highest BCUT2D eigenvalue weighted by Crippen LogP contribution is 2.39. The van der Waals surface area contributed by atoms with Gasteiger partial charge in [-0.2, -0.15) is 0 Å². The number of anilines is 1. The number of halogens is 2. The van der Waals surface area contributed by atoms with Gasteiger partial charge in [0.25, 0.3) is 0 Å². The molecule has 2 aromatic carbocycles. The maximum atomic E-state index is 6.24. The third-order valence-corrected chi connectivity index (χ3v) is 4.95. The maximum absolute atomic E-state index is 6.24. The second-order valence-corrected chi connectivity index (χ2v) is 6.63. The van der Waals surface area contributed by atoms with Crippen LogP contribution in [0.3, 0.4) is 0 Å². The van der Waals surface area contributed by atoms with Crippen LogP contribution in [-0.2, 0) is 0 Å². The zero-order valence-corrected chi connectivity index (χ0v) is 13.6. The Morgan fingerprint density at radius 2 is 1.81 bits per heavy atom. The number of hydrogen-bond donors (Lipinski definition) is 1. The molecule has 0 radical (unpaired) electrons. The largest absolute Gasteiger partial charge is 0.398 e. The van der Waals surface area contributed by atoms with Crippen LogP contribution in [0.5, 0.6) is 0 Å². The van der Waals surface area contributed by atoms with Gasteiger partial charge >= 0.3 is 0 Å². The van der Waals surface area contributed by atoms with Crippen LogP contribution in [0, 0.1) is 6.92 Å². The van der Waals surface area contributed by atoms with Crippen molar-refractivity contribution in [1.82, 2.24) is 4.98 Å². The molecular weight excluding hydrogens is 323 g/mol. The van der Waals surface area contributed by atoms with E-state index in [-0.39, 0.29) is 0 Å². The van der Waals surface area contributed by atoms with Gasteiger partial charge in [-0.1, -0.05) is 35.0 Å². The summed E-state index contributed by atoms with van der Waals surface area (Å²) in [5, 5.41) is 3.37. The molecule has 106 valence electrons. The van der Waals surface area contributed by atoms with Gasteiger partial charge in [0.05, 0.1) is 5.02 Å². The first-order valence-corrected chi connectivity index (χ1v) is 7.89. The van der Waals surface area contributed by atoms with Gasteiger partial charge in [0.2, 0.25) is 0 Å². The number of benzene rings is 2. The first-order valence-electron chi connectivity index (χ1n) is 6.32. The van der Waals surface area contributed by atoms with Gasteiger partial charge in [-0.3, -0.25) is 4.98 Å². The van der Waals surface area contributed by atoms with E-state index in [1.54, 1.807) is 23.9 Å². The fraction of sp³-hybridized carbons (Fsp3) is 0.0625.